The molecule has 0 radical (unpaired) electrons. The summed E-state index contributed by atoms with van der Waals surface area (Å²) in [7, 11) is -1.15. The minimum Gasteiger partial charge on any atom is -0.456 e. The van der Waals surface area contributed by atoms with Crippen LogP contribution in [-0.2, 0) is 26.2 Å². The SMILES string of the molecule is CN(C)S(=O)(=O)c1ccc(COC(=O)CN2C(=O)c3cccc([N+](=O)[O-])c3C2=O)o1. The Hall–Kier alpha value is -3.58. The molecule has 0 N–H and O–H groups in total. The fraction of sp³-hybridized carbons (Fsp3) is 0.235. The van der Waals surface area contributed by atoms with Gasteiger partial charge in [0.1, 0.15) is 24.5 Å². The van der Waals surface area contributed by atoms with E-state index in [1.807, 2.05) is 0 Å². The highest BCUT2D eigenvalue weighted by Gasteiger charge is 2.42. The number of fused-ring (bicyclic) bond motifs is 1. The van der Waals surface area contributed by atoms with Crippen molar-refractivity contribution in [2.75, 3.05) is 20.6 Å². The first-order valence-corrected chi connectivity index (χ1v) is 9.78. The Morgan fingerprint density at radius 2 is 1.90 bits per heavy atom. The lowest BCUT2D eigenvalue weighted by Gasteiger charge is -2.12. The van der Waals surface area contributed by atoms with Crippen molar-refractivity contribution in [2.24, 2.45) is 0 Å². The van der Waals surface area contributed by atoms with Crippen LogP contribution < -0.4 is 0 Å². The Labute approximate surface area is 169 Å². The molecule has 0 spiro atoms. The second-order valence-electron chi connectivity index (χ2n) is 6.32. The minimum absolute atomic E-state index is 0.0294. The molecule has 0 fully saturated rings. The van der Waals surface area contributed by atoms with E-state index in [4.69, 9.17) is 9.15 Å². The average Bonchev–Trinajstić information content (AvgIpc) is 3.26. The number of furan rings is 1. The van der Waals surface area contributed by atoms with Gasteiger partial charge in [0.15, 0.2) is 0 Å². The number of amides is 2. The number of benzene rings is 1. The first-order valence-electron chi connectivity index (χ1n) is 8.34. The van der Waals surface area contributed by atoms with Crippen LogP contribution in [0.15, 0.2) is 39.8 Å². The summed E-state index contributed by atoms with van der Waals surface area (Å²) in [6.45, 7) is -1.21. The number of sulfonamides is 1. The molecule has 158 valence electrons. The number of ether oxygens (including phenoxy) is 1. The Bertz CT molecular complexity index is 1170. The Balaban J connectivity index is 1.67. The predicted molar refractivity (Wildman–Crippen MR) is 97.8 cm³/mol. The molecule has 0 unspecified atom stereocenters. The fourth-order valence-electron chi connectivity index (χ4n) is 2.69. The van der Waals surface area contributed by atoms with Crippen molar-refractivity contribution < 1.29 is 36.9 Å². The van der Waals surface area contributed by atoms with E-state index < -0.39 is 51.6 Å². The molecular formula is C17H15N3O9S. The van der Waals surface area contributed by atoms with E-state index in [1.54, 1.807) is 0 Å². The van der Waals surface area contributed by atoms with Crippen LogP contribution in [0.25, 0.3) is 0 Å². The number of hydrogen-bond donors (Lipinski definition) is 0. The smallest absolute Gasteiger partial charge is 0.326 e. The van der Waals surface area contributed by atoms with Gasteiger partial charge in [-0.25, -0.2) is 12.7 Å². The van der Waals surface area contributed by atoms with Gasteiger partial charge in [0.25, 0.3) is 27.5 Å². The van der Waals surface area contributed by atoms with Crippen molar-refractivity contribution in [3.8, 4) is 0 Å². The third-order valence-electron chi connectivity index (χ3n) is 4.21. The van der Waals surface area contributed by atoms with Crippen LogP contribution in [0.3, 0.4) is 0 Å². The van der Waals surface area contributed by atoms with Gasteiger partial charge in [0.05, 0.1) is 10.5 Å². The van der Waals surface area contributed by atoms with Crippen molar-refractivity contribution in [2.45, 2.75) is 11.7 Å². The van der Waals surface area contributed by atoms with Crippen LogP contribution in [0, 0.1) is 10.1 Å². The van der Waals surface area contributed by atoms with E-state index in [0.29, 0.717) is 4.90 Å². The Morgan fingerprint density at radius 1 is 1.20 bits per heavy atom. The lowest BCUT2D eigenvalue weighted by molar-refractivity contribution is -0.385. The van der Waals surface area contributed by atoms with Crippen LogP contribution in [0.4, 0.5) is 5.69 Å². The highest BCUT2D eigenvalue weighted by molar-refractivity contribution is 7.88. The van der Waals surface area contributed by atoms with Gasteiger partial charge in [-0.2, -0.15) is 0 Å². The molecular weight excluding hydrogens is 422 g/mol. The summed E-state index contributed by atoms with van der Waals surface area (Å²) in [6.07, 6.45) is 0. The summed E-state index contributed by atoms with van der Waals surface area (Å²) >= 11 is 0. The lowest BCUT2D eigenvalue weighted by atomic mass is 10.1. The van der Waals surface area contributed by atoms with Gasteiger partial charge in [0, 0.05) is 20.2 Å². The van der Waals surface area contributed by atoms with Crippen LogP contribution >= 0.6 is 0 Å². The number of imide groups is 1. The average molecular weight is 437 g/mol. The number of carbonyl (C=O) groups excluding carboxylic acids is 3. The monoisotopic (exact) mass is 437 g/mol. The van der Waals surface area contributed by atoms with E-state index in [9.17, 15) is 32.9 Å². The summed E-state index contributed by atoms with van der Waals surface area (Å²) < 4.78 is 34.9. The van der Waals surface area contributed by atoms with Crippen molar-refractivity contribution >= 4 is 33.5 Å². The minimum atomic E-state index is -3.80. The molecule has 30 heavy (non-hydrogen) atoms. The maximum Gasteiger partial charge on any atom is 0.326 e. The van der Waals surface area contributed by atoms with Crippen molar-refractivity contribution in [3.63, 3.8) is 0 Å². The van der Waals surface area contributed by atoms with Gasteiger partial charge in [-0.15, -0.1) is 0 Å². The molecule has 2 heterocycles. The molecule has 0 bridgehead atoms. The van der Waals surface area contributed by atoms with E-state index in [2.05, 4.69) is 0 Å². The maximum atomic E-state index is 12.4. The molecule has 2 aromatic rings. The topological polar surface area (TPSA) is 157 Å². The van der Waals surface area contributed by atoms with Crippen molar-refractivity contribution in [3.05, 3.63) is 57.3 Å². The van der Waals surface area contributed by atoms with Gasteiger partial charge in [-0.3, -0.25) is 29.4 Å². The zero-order valence-corrected chi connectivity index (χ0v) is 16.5. The molecule has 0 saturated carbocycles. The quantitative estimate of drug-likeness (QED) is 0.264. The zero-order valence-electron chi connectivity index (χ0n) is 15.7. The lowest BCUT2D eigenvalue weighted by Crippen LogP contribution is -2.35. The summed E-state index contributed by atoms with van der Waals surface area (Å²) in [4.78, 5) is 47.7. The molecule has 1 aromatic heterocycles. The number of nitro benzene ring substituents is 1. The van der Waals surface area contributed by atoms with Crippen molar-refractivity contribution in [1.29, 1.82) is 0 Å². The standard InChI is InChI=1S/C17H15N3O9S/c1-18(2)30(26,27)14-7-6-10(29-14)9-28-13(21)8-19-16(22)11-4-3-5-12(20(24)25)15(11)17(19)23/h3-7H,8-9H2,1-2H3. The third kappa shape index (κ3) is 3.67. The normalized spacial score (nSPS) is 13.6. The van der Waals surface area contributed by atoms with E-state index in [-0.39, 0.29) is 22.0 Å². The van der Waals surface area contributed by atoms with Crippen LogP contribution in [0.2, 0.25) is 0 Å². The van der Waals surface area contributed by atoms with Crippen LogP contribution in [-0.4, -0.2) is 61.0 Å². The first-order chi connectivity index (χ1) is 14.0. The number of rotatable bonds is 7. The van der Waals surface area contributed by atoms with Crippen LogP contribution in [0.5, 0.6) is 0 Å². The van der Waals surface area contributed by atoms with E-state index >= 15 is 0 Å². The number of esters is 1. The second-order valence-corrected chi connectivity index (χ2v) is 8.40. The summed E-state index contributed by atoms with van der Waals surface area (Å²) in [5.74, 6) is -2.79. The van der Waals surface area contributed by atoms with Crippen molar-refractivity contribution in [1.82, 2.24) is 9.21 Å². The summed E-state index contributed by atoms with van der Waals surface area (Å²) in [5, 5.41) is 10.7. The molecule has 12 nitrogen and oxygen atoms in total. The molecule has 0 saturated heterocycles. The Kier molecular flexibility index (Phi) is 5.41. The molecule has 0 aliphatic carbocycles. The van der Waals surface area contributed by atoms with E-state index in [1.165, 1.54) is 38.4 Å². The highest BCUT2D eigenvalue weighted by Crippen LogP contribution is 2.30. The molecule has 1 aromatic carbocycles. The predicted octanol–water partition coefficient (Wildman–Crippen LogP) is 0.777. The van der Waals surface area contributed by atoms with Gasteiger partial charge < -0.3 is 9.15 Å². The molecule has 1 aliphatic heterocycles. The molecule has 13 heteroatoms. The summed E-state index contributed by atoms with van der Waals surface area (Å²) in [6, 6.07) is 6.10. The van der Waals surface area contributed by atoms with E-state index in [0.717, 1.165) is 10.4 Å². The molecule has 1 aliphatic rings. The van der Waals surface area contributed by atoms with Crippen LogP contribution in [0.1, 0.15) is 26.5 Å². The number of nitro groups is 1. The van der Waals surface area contributed by atoms with Gasteiger partial charge in [-0.05, 0) is 18.2 Å². The van der Waals surface area contributed by atoms with Gasteiger partial charge in [0.2, 0.25) is 5.09 Å². The fourth-order valence-corrected chi connectivity index (χ4v) is 3.50. The summed E-state index contributed by atoms with van der Waals surface area (Å²) in [5.41, 5.74) is -1.09. The third-order valence-corrected chi connectivity index (χ3v) is 5.90. The highest BCUT2D eigenvalue weighted by atomic mass is 32.2. The largest absolute Gasteiger partial charge is 0.456 e. The number of carbonyl (C=O) groups is 3. The Morgan fingerprint density at radius 3 is 2.53 bits per heavy atom. The first kappa shape index (κ1) is 21.1. The molecule has 3 rings (SSSR count). The molecule has 0 atom stereocenters. The number of hydrogen-bond acceptors (Lipinski definition) is 9. The maximum absolute atomic E-state index is 12.4. The van der Waals surface area contributed by atoms with Gasteiger partial charge in [-0.1, -0.05) is 6.07 Å². The van der Waals surface area contributed by atoms with Gasteiger partial charge >= 0.3 is 5.97 Å². The number of nitrogens with zero attached hydrogens (tertiary/aromatic N) is 3. The second kappa shape index (κ2) is 7.68. The zero-order chi connectivity index (χ0) is 22.2. The molecule has 2 amide bonds.